The smallest absolute Gasteiger partial charge is 0.267 e. The highest BCUT2D eigenvalue weighted by Gasteiger charge is 2.21. The first-order valence-electron chi connectivity index (χ1n) is 8.94. The molecule has 0 spiro atoms. The molecule has 1 aromatic carbocycles. The van der Waals surface area contributed by atoms with Gasteiger partial charge in [-0.1, -0.05) is 41.9 Å². The number of hydrogen-bond donors (Lipinski definition) is 3. The molecule has 3 rings (SSSR count). The van der Waals surface area contributed by atoms with Gasteiger partial charge in [0.2, 0.25) is 0 Å². The molecule has 1 aromatic heterocycles. The first-order valence-corrected chi connectivity index (χ1v) is 9.32. The van der Waals surface area contributed by atoms with Crippen molar-refractivity contribution in [2.24, 2.45) is 0 Å². The van der Waals surface area contributed by atoms with Gasteiger partial charge in [-0.25, -0.2) is 10.5 Å². The van der Waals surface area contributed by atoms with Crippen LogP contribution in [0.25, 0.3) is 6.08 Å². The summed E-state index contributed by atoms with van der Waals surface area (Å²) in [4.78, 5) is 17.9. The normalized spacial score (nSPS) is 16.6. The van der Waals surface area contributed by atoms with Crippen LogP contribution in [0.15, 0.2) is 48.7 Å². The standard InChI is InChI=1S/C20H23ClN4O2.2ClH/c21-18-11-16(8-9-19(26)24-27)12-22-20(18)23-17-7-4-10-25(14-17)13-15-5-2-1-3-6-15;;/h1-3,5-6,8-9,11-12,17,27H,4,7,10,13-14H2,(H,22,23)(H,24,26);2*1H/b9-8+;;/t17-;;/m1../s1. The van der Waals surface area contributed by atoms with E-state index in [1.54, 1.807) is 17.7 Å². The lowest BCUT2D eigenvalue weighted by atomic mass is 10.0. The number of hydroxylamine groups is 1. The van der Waals surface area contributed by atoms with Gasteiger partial charge in [-0.15, -0.1) is 24.8 Å². The third-order valence-corrected chi connectivity index (χ3v) is 4.78. The van der Waals surface area contributed by atoms with Crippen molar-refractivity contribution in [1.29, 1.82) is 0 Å². The highest BCUT2D eigenvalue weighted by Crippen LogP contribution is 2.24. The van der Waals surface area contributed by atoms with Crippen molar-refractivity contribution >= 4 is 54.2 Å². The minimum atomic E-state index is -0.603. The van der Waals surface area contributed by atoms with E-state index in [1.807, 2.05) is 6.07 Å². The molecule has 1 amide bonds. The van der Waals surface area contributed by atoms with Crippen molar-refractivity contribution in [2.45, 2.75) is 25.4 Å². The molecule has 1 fully saturated rings. The van der Waals surface area contributed by atoms with E-state index in [4.69, 9.17) is 16.8 Å². The molecule has 0 radical (unpaired) electrons. The second-order valence-electron chi connectivity index (χ2n) is 6.61. The van der Waals surface area contributed by atoms with Crippen molar-refractivity contribution in [3.05, 3.63) is 64.8 Å². The quantitative estimate of drug-likeness (QED) is 0.343. The average Bonchev–Trinajstić information content (AvgIpc) is 2.69. The minimum absolute atomic E-state index is 0. The number of anilines is 1. The number of amides is 1. The SMILES string of the molecule is Cl.Cl.O=C(/C=C/c1cnc(N[C@@H]2CCCN(Cc3ccccc3)C2)c(Cl)c1)NO. The van der Waals surface area contributed by atoms with Crippen molar-refractivity contribution in [3.63, 3.8) is 0 Å². The number of benzene rings is 1. The highest BCUT2D eigenvalue weighted by atomic mass is 35.5. The van der Waals surface area contributed by atoms with Crippen LogP contribution in [0.2, 0.25) is 5.02 Å². The Morgan fingerprint density at radius 1 is 1.31 bits per heavy atom. The Hall–Kier alpha value is -1.83. The van der Waals surface area contributed by atoms with Crippen LogP contribution in [0, 0.1) is 0 Å². The van der Waals surface area contributed by atoms with Crippen LogP contribution >= 0.6 is 36.4 Å². The molecule has 0 saturated carbocycles. The molecule has 2 aromatic rings. The molecule has 29 heavy (non-hydrogen) atoms. The van der Waals surface area contributed by atoms with Gasteiger partial charge in [-0.2, -0.15) is 0 Å². The van der Waals surface area contributed by atoms with Crippen LogP contribution in [-0.4, -0.2) is 40.1 Å². The number of halogens is 3. The summed E-state index contributed by atoms with van der Waals surface area (Å²) in [5.74, 6) is 0.0426. The number of hydrogen-bond acceptors (Lipinski definition) is 5. The molecule has 0 aliphatic carbocycles. The van der Waals surface area contributed by atoms with Crippen LogP contribution in [0.1, 0.15) is 24.0 Å². The number of nitrogens with one attached hydrogen (secondary N) is 2. The van der Waals surface area contributed by atoms with E-state index in [0.717, 1.165) is 32.5 Å². The van der Waals surface area contributed by atoms with Crippen LogP contribution < -0.4 is 10.8 Å². The van der Waals surface area contributed by atoms with E-state index in [0.29, 0.717) is 16.4 Å². The molecule has 2 heterocycles. The predicted octanol–water partition coefficient (Wildman–Crippen LogP) is 4.17. The number of piperidine rings is 1. The van der Waals surface area contributed by atoms with E-state index in [9.17, 15) is 4.79 Å². The van der Waals surface area contributed by atoms with Crippen LogP contribution in [0.5, 0.6) is 0 Å². The lowest BCUT2D eigenvalue weighted by Gasteiger charge is -2.33. The van der Waals surface area contributed by atoms with Gasteiger partial charge in [0.25, 0.3) is 5.91 Å². The Morgan fingerprint density at radius 2 is 2.07 bits per heavy atom. The third kappa shape index (κ3) is 7.84. The van der Waals surface area contributed by atoms with Crippen molar-refractivity contribution < 1.29 is 10.0 Å². The summed E-state index contributed by atoms with van der Waals surface area (Å²) in [5.41, 5.74) is 3.54. The monoisotopic (exact) mass is 458 g/mol. The van der Waals surface area contributed by atoms with Crippen LogP contribution in [0.4, 0.5) is 5.82 Å². The Morgan fingerprint density at radius 3 is 2.76 bits per heavy atom. The molecule has 0 unspecified atom stereocenters. The third-order valence-electron chi connectivity index (χ3n) is 4.50. The van der Waals surface area contributed by atoms with Gasteiger partial charge in [0.1, 0.15) is 5.82 Å². The molecule has 1 atom stereocenters. The van der Waals surface area contributed by atoms with Gasteiger partial charge in [0.05, 0.1) is 5.02 Å². The van der Waals surface area contributed by atoms with E-state index >= 15 is 0 Å². The summed E-state index contributed by atoms with van der Waals surface area (Å²) in [6.07, 6.45) is 6.58. The van der Waals surface area contributed by atoms with E-state index in [1.165, 1.54) is 17.7 Å². The first kappa shape index (κ1) is 25.2. The maximum atomic E-state index is 11.0. The number of likely N-dealkylation sites (tertiary alicyclic amines) is 1. The number of aromatic nitrogens is 1. The van der Waals surface area contributed by atoms with E-state index < -0.39 is 5.91 Å². The fourth-order valence-corrected chi connectivity index (χ4v) is 3.44. The molecular weight excluding hydrogens is 435 g/mol. The molecular formula is C20H25Cl3N4O2. The Bertz CT molecular complexity index is 806. The molecule has 3 N–H and O–H groups in total. The summed E-state index contributed by atoms with van der Waals surface area (Å²) in [5, 5.41) is 12.4. The van der Waals surface area contributed by atoms with Crippen LogP contribution in [0.3, 0.4) is 0 Å². The maximum absolute atomic E-state index is 11.0. The van der Waals surface area contributed by atoms with Crippen molar-refractivity contribution in [3.8, 4) is 0 Å². The van der Waals surface area contributed by atoms with Crippen molar-refractivity contribution in [1.82, 2.24) is 15.4 Å². The number of rotatable bonds is 6. The number of carbonyl (C=O) groups is 1. The summed E-state index contributed by atoms with van der Waals surface area (Å²) in [7, 11) is 0. The highest BCUT2D eigenvalue weighted by molar-refractivity contribution is 6.33. The van der Waals surface area contributed by atoms with Crippen LogP contribution in [-0.2, 0) is 11.3 Å². The summed E-state index contributed by atoms with van der Waals surface area (Å²) in [6.45, 7) is 2.97. The molecule has 1 saturated heterocycles. The van der Waals surface area contributed by atoms with E-state index in [-0.39, 0.29) is 30.9 Å². The van der Waals surface area contributed by atoms with Gasteiger partial charge in [0.15, 0.2) is 0 Å². The average molecular weight is 460 g/mol. The molecule has 1 aliphatic rings. The summed E-state index contributed by atoms with van der Waals surface area (Å²) >= 11 is 6.34. The number of nitrogens with zero attached hydrogens (tertiary/aromatic N) is 2. The number of carbonyl (C=O) groups excluding carboxylic acids is 1. The van der Waals surface area contributed by atoms with E-state index in [2.05, 4.69) is 39.5 Å². The Labute approximate surface area is 188 Å². The second-order valence-corrected chi connectivity index (χ2v) is 7.02. The zero-order chi connectivity index (χ0) is 19.1. The fourth-order valence-electron chi connectivity index (χ4n) is 3.21. The minimum Gasteiger partial charge on any atom is -0.365 e. The fraction of sp³-hybridized carbons (Fsp3) is 0.300. The lowest BCUT2D eigenvalue weighted by Crippen LogP contribution is -2.41. The summed E-state index contributed by atoms with van der Waals surface area (Å²) in [6, 6.07) is 12.5. The Kier molecular flexibility index (Phi) is 11.0. The second kappa shape index (κ2) is 12.7. The predicted molar refractivity (Wildman–Crippen MR) is 121 cm³/mol. The first-order chi connectivity index (χ1) is 13.1. The lowest BCUT2D eigenvalue weighted by molar-refractivity contribution is -0.124. The maximum Gasteiger partial charge on any atom is 0.267 e. The number of pyridine rings is 1. The van der Waals surface area contributed by atoms with Crippen molar-refractivity contribution in [2.75, 3.05) is 18.4 Å². The van der Waals surface area contributed by atoms with Gasteiger partial charge < -0.3 is 5.32 Å². The van der Waals surface area contributed by atoms with Gasteiger partial charge in [-0.3, -0.25) is 14.9 Å². The topological polar surface area (TPSA) is 77.5 Å². The zero-order valence-corrected chi connectivity index (χ0v) is 18.1. The Balaban J connectivity index is 0.00000210. The van der Waals surface area contributed by atoms with Gasteiger partial charge in [0, 0.05) is 31.4 Å². The molecule has 0 bridgehead atoms. The van der Waals surface area contributed by atoms with Gasteiger partial charge in [-0.05, 0) is 42.7 Å². The largest absolute Gasteiger partial charge is 0.365 e. The zero-order valence-electron chi connectivity index (χ0n) is 15.8. The summed E-state index contributed by atoms with van der Waals surface area (Å²) < 4.78 is 0. The molecule has 158 valence electrons. The van der Waals surface area contributed by atoms with Gasteiger partial charge >= 0.3 is 0 Å². The molecule has 6 nitrogen and oxygen atoms in total. The molecule has 9 heteroatoms. The molecule has 1 aliphatic heterocycles.